The number of anilines is 2. The molecule has 0 saturated heterocycles. The first-order valence-electron chi connectivity index (χ1n) is 6.36. The minimum absolute atomic E-state index is 0.0362. The maximum absolute atomic E-state index is 11.4. The van der Waals surface area contributed by atoms with E-state index < -0.39 is 0 Å². The first kappa shape index (κ1) is 14.6. The van der Waals surface area contributed by atoms with Gasteiger partial charge in [0.2, 0.25) is 5.91 Å². The summed E-state index contributed by atoms with van der Waals surface area (Å²) in [6.07, 6.45) is 0. The van der Waals surface area contributed by atoms with Crippen LogP contribution in [0, 0.1) is 0 Å². The van der Waals surface area contributed by atoms with Crippen LogP contribution in [0.3, 0.4) is 0 Å². The van der Waals surface area contributed by atoms with Crippen molar-refractivity contribution < 1.29 is 4.79 Å². The SMILES string of the molecule is O=C1CSc2ccc(NCc3ccc(Cl)c(Cl)c3)cc2N1. The van der Waals surface area contributed by atoms with Gasteiger partial charge in [0.15, 0.2) is 0 Å². The van der Waals surface area contributed by atoms with Crippen molar-refractivity contribution in [1.82, 2.24) is 0 Å². The van der Waals surface area contributed by atoms with E-state index in [1.54, 1.807) is 17.8 Å². The van der Waals surface area contributed by atoms with E-state index in [0.29, 0.717) is 22.3 Å². The lowest BCUT2D eigenvalue weighted by atomic mass is 10.2. The van der Waals surface area contributed by atoms with Crippen LogP contribution in [0.2, 0.25) is 10.0 Å². The molecule has 0 aromatic heterocycles. The van der Waals surface area contributed by atoms with E-state index in [0.717, 1.165) is 21.8 Å². The molecule has 21 heavy (non-hydrogen) atoms. The molecular weight excluding hydrogens is 327 g/mol. The van der Waals surface area contributed by atoms with E-state index in [9.17, 15) is 4.79 Å². The Morgan fingerprint density at radius 3 is 2.81 bits per heavy atom. The van der Waals surface area contributed by atoms with Crippen molar-refractivity contribution in [3.8, 4) is 0 Å². The van der Waals surface area contributed by atoms with Crippen LogP contribution in [-0.2, 0) is 11.3 Å². The predicted molar refractivity (Wildman–Crippen MR) is 89.6 cm³/mol. The van der Waals surface area contributed by atoms with E-state index >= 15 is 0 Å². The zero-order chi connectivity index (χ0) is 14.8. The van der Waals surface area contributed by atoms with Crippen molar-refractivity contribution in [1.29, 1.82) is 0 Å². The van der Waals surface area contributed by atoms with Crippen molar-refractivity contribution in [2.45, 2.75) is 11.4 Å². The van der Waals surface area contributed by atoms with Crippen LogP contribution in [0.1, 0.15) is 5.56 Å². The highest BCUT2D eigenvalue weighted by Gasteiger charge is 2.15. The smallest absolute Gasteiger partial charge is 0.234 e. The fraction of sp³-hybridized carbons (Fsp3) is 0.133. The number of benzene rings is 2. The van der Waals surface area contributed by atoms with Crippen LogP contribution in [0.4, 0.5) is 11.4 Å². The lowest BCUT2D eigenvalue weighted by Gasteiger charge is -2.17. The molecule has 0 unspecified atom stereocenters. The van der Waals surface area contributed by atoms with Crippen LogP contribution in [0.25, 0.3) is 0 Å². The summed E-state index contributed by atoms with van der Waals surface area (Å²) in [4.78, 5) is 12.5. The standard InChI is InChI=1S/C15H12Cl2N2OS/c16-11-3-1-9(5-12(11)17)7-18-10-2-4-14-13(6-10)19-15(20)8-21-14/h1-6,18H,7-8H2,(H,19,20). The van der Waals surface area contributed by atoms with Gasteiger partial charge in [0.05, 0.1) is 21.5 Å². The molecule has 0 saturated carbocycles. The van der Waals surface area contributed by atoms with Gasteiger partial charge < -0.3 is 10.6 Å². The van der Waals surface area contributed by atoms with Crippen molar-refractivity contribution in [3.05, 3.63) is 52.0 Å². The number of halogens is 2. The van der Waals surface area contributed by atoms with Gasteiger partial charge in [0.1, 0.15) is 0 Å². The molecule has 1 heterocycles. The van der Waals surface area contributed by atoms with E-state index in [4.69, 9.17) is 23.2 Å². The minimum atomic E-state index is 0.0362. The van der Waals surface area contributed by atoms with E-state index in [1.165, 1.54) is 0 Å². The molecule has 2 aromatic carbocycles. The molecule has 2 N–H and O–H groups in total. The Hall–Kier alpha value is -1.36. The average Bonchev–Trinajstić information content (AvgIpc) is 2.48. The molecule has 6 heteroatoms. The van der Waals surface area contributed by atoms with E-state index in [2.05, 4.69) is 10.6 Å². The molecule has 3 nitrogen and oxygen atoms in total. The average molecular weight is 339 g/mol. The molecule has 0 bridgehead atoms. The number of rotatable bonds is 3. The Balaban J connectivity index is 1.72. The first-order chi connectivity index (χ1) is 10.1. The zero-order valence-corrected chi connectivity index (χ0v) is 13.3. The van der Waals surface area contributed by atoms with Crippen LogP contribution in [-0.4, -0.2) is 11.7 Å². The molecule has 0 atom stereocenters. The number of amides is 1. The second-order valence-electron chi connectivity index (χ2n) is 4.65. The summed E-state index contributed by atoms with van der Waals surface area (Å²) < 4.78 is 0. The molecule has 0 radical (unpaired) electrons. The Morgan fingerprint density at radius 1 is 1.14 bits per heavy atom. The fourth-order valence-corrected chi connectivity index (χ4v) is 3.16. The second-order valence-corrected chi connectivity index (χ2v) is 6.48. The zero-order valence-electron chi connectivity index (χ0n) is 11.0. The van der Waals surface area contributed by atoms with Crippen molar-refractivity contribution in [2.75, 3.05) is 16.4 Å². The molecule has 1 aliphatic heterocycles. The summed E-state index contributed by atoms with van der Waals surface area (Å²) in [6, 6.07) is 11.5. The Labute approximate surface area is 137 Å². The number of thioether (sulfide) groups is 1. The monoisotopic (exact) mass is 338 g/mol. The molecule has 1 amide bonds. The summed E-state index contributed by atoms with van der Waals surface area (Å²) in [5.41, 5.74) is 2.85. The van der Waals surface area contributed by atoms with Gasteiger partial charge >= 0.3 is 0 Å². The quantitative estimate of drug-likeness (QED) is 0.855. The number of hydrogen-bond donors (Lipinski definition) is 2. The number of carbonyl (C=O) groups is 1. The van der Waals surface area contributed by atoms with E-state index in [1.807, 2.05) is 30.3 Å². The number of carbonyl (C=O) groups excluding carboxylic acids is 1. The lowest BCUT2D eigenvalue weighted by molar-refractivity contribution is -0.113. The number of hydrogen-bond acceptors (Lipinski definition) is 3. The Kier molecular flexibility index (Phi) is 4.29. The lowest BCUT2D eigenvalue weighted by Crippen LogP contribution is -2.18. The van der Waals surface area contributed by atoms with Gasteiger partial charge in [-0.3, -0.25) is 4.79 Å². The molecule has 3 rings (SSSR count). The molecule has 2 aromatic rings. The topological polar surface area (TPSA) is 41.1 Å². The maximum Gasteiger partial charge on any atom is 0.234 e. The Morgan fingerprint density at radius 2 is 2.00 bits per heavy atom. The highest BCUT2D eigenvalue weighted by Crippen LogP contribution is 2.33. The Bertz CT molecular complexity index is 706. The third-order valence-electron chi connectivity index (χ3n) is 3.09. The van der Waals surface area contributed by atoms with Crippen LogP contribution in [0.15, 0.2) is 41.3 Å². The number of fused-ring (bicyclic) bond motifs is 1. The molecular formula is C15H12Cl2N2OS. The van der Waals surface area contributed by atoms with Crippen LogP contribution in [0.5, 0.6) is 0 Å². The van der Waals surface area contributed by atoms with Gasteiger partial charge in [-0.1, -0.05) is 29.3 Å². The van der Waals surface area contributed by atoms with Gasteiger partial charge in [0.25, 0.3) is 0 Å². The molecule has 0 spiro atoms. The minimum Gasteiger partial charge on any atom is -0.381 e. The summed E-state index contributed by atoms with van der Waals surface area (Å²) in [7, 11) is 0. The van der Waals surface area contributed by atoms with Crippen molar-refractivity contribution >= 4 is 52.2 Å². The highest BCUT2D eigenvalue weighted by atomic mass is 35.5. The van der Waals surface area contributed by atoms with Crippen molar-refractivity contribution in [3.63, 3.8) is 0 Å². The second kappa shape index (κ2) is 6.18. The van der Waals surface area contributed by atoms with Gasteiger partial charge in [-0.15, -0.1) is 11.8 Å². The molecule has 0 aliphatic carbocycles. The van der Waals surface area contributed by atoms with Crippen LogP contribution >= 0.6 is 35.0 Å². The first-order valence-corrected chi connectivity index (χ1v) is 8.10. The molecule has 108 valence electrons. The summed E-state index contributed by atoms with van der Waals surface area (Å²) in [5, 5.41) is 7.28. The fourth-order valence-electron chi connectivity index (χ4n) is 2.05. The van der Waals surface area contributed by atoms with Crippen LogP contribution < -0.4 is 10.6 Å². The van der Waals surface area contributed by atoms with Gasteiger partial charge in [0, 0.05) is 17.1 Å². The van der Waals surface area contributed by atoms with Gasteiger partial charge in [-0.05, 0) is 35.9 Å². The summed E-state index contributed by atoms with van der Waals surface area (Å²) in [5.74, 6) is 0.511. The molecule has 1 aliphatic rings. The summed E-state index contributed by atoms with van der Waals surface area (Å²) in [6.45, 7) is 0.636. The van der Waals surface area contributed by atoms with Crippen molar-refractivity contribution in [2.24, 2.45) is 0 Å². The third-order valence-corrected chi connectivity index (χ3v) is 4.91. The predicted octanol–water partition coefficient (Wildman–Crippen LogP) is 4.65. The normalized spacial score (nSPS) is 13.5. The highest BCUT2D eigenvalue weighted by molar-refractivity contribution is 8.00. The molecule has 0 fully saturated rings. The van der Waals surface area contributed by atoms with E-state index in [-0.39, 0.29) is 5.91 Å². The largest absolute Gasteiger partial charge is 0.381 e. The third kappa shape index (κ3) is 3.46. The van der Waals surface area contributed by atoms with Gasteiger partial charge in [-0.25, -0.2) is 0 Å². The van der Waals surface area contributed by atoms with Gasteiger partial charge in [-0.2, -0.15) is 0 Å². The maximum atomic E-state index is 11.4. The number of nitrogens with one attached hydrogen (secondary N) is 2. The summed E-state index contributed by atoms with van der Waals surface area (Å²) >= 11 is 13.4.